The number of aliphatic hydroxyl groups is 1. The highest BCUT2D eigenvalue weighted by Crippen LogP contribution is 2.31. The number of nitrogens with one attached hydrogen (secondary N) is 1. The number of hydrogen-bond donors (Lipinski definition) is 2. The van der Waals surface area contributed by atoms with Gasteiger partial charge in [0.15, 0.2) is 0 Å². The molecule has 2 N–H and O–H groups in total. The van der Waals surface area contributed by atoms with Crippen LogP contribution in [0, 0.1) is 6.92 Å². The van der Waals surface area contributed by atoms with E-state index in [-0.39, 0.29) is 11.4 Å². The second-order valence-electron chi connectivity index (χ2n) is 4.81. The number of hydrogen-bond acceptors (Lipinski definition) is 3. The number of rotatable bonds is 4. The van der Waals surface area contributed by atoms with E-state index < -0.39 is 15.6 Å². The number of aryl methyl sites for hydroxylation is 1. The van der Waals surface area contributed by atoms with E-state index in [0.717, 1.165) is 6.42 Å². The number of sulfonamides is 1. The third-order valence-corrected chi connectivity index (χ3v) is 5.09. The van der Waals surface area contributed by atoms with E-state index in [0.29, 0.717) is 23.4 Å². The predicted octanol–water partition coefficient (Wildman–Crippen LogP) is 1.84. The van der Waals surface area contributed by atoms with Gasteiger partial charge in [-0.15, -0.1) is 0 Å². The number of halogens is 1. The first-order valence-electron chi connectivity index (χ1n) is 5.81. The minimum Gasteiger partial charge on any atom is -0.389 e. The third-order valence-electron chi connectivity index (χ3n) is 3.32. The molecule has 0 atom stereocenters. The summed E-state index contributed by atoms with van der Waals surface area (Å²) in [6.45, 7) is 1.77. The molecule has 0 amide bonds. The highest BCUT2D eigenvalue weighted by atomic mass is 35.5. The Labute approximate surface area is 112 Å². The summed E-state index contributed by atoms with van der Waals surface area (Å²) in [5.41, 5.74) is -0.244. The summed E-state index contributed by atoms with van der Waals surface area (Å²) in [5.74, 6) is 0. The smallest absolute Gasteiger partial charge is 0.240 e. The Hall–Kier alpha value is -0.620. The molecule has 4 nitrogen and oxygen atoms in total. The van der Waals surface area contributed by atoms with E-state index in [1.807, 2.05) is 0 Å². The fourth-order valence-corrected chi connectivity index (χ4v) is 3.56. The van der Waals surface area contributed by atoms with Gasteiger partial charge in [0.2, 0.25) is 10.0 Å². The summed E-state index contributed by atoms with van der Waals surface area (Å²) < 4.78 is 26.7. The molecule has 0 aliphatic heterocycles. The molecule has 1 aliphatic rings. The Kier molecular flexibility index (Phi) is 3.69. The van der Waals surface area contributed by atoms with Crippen molar-refractivity contribution in [3.63, 3.8) is 0 Å². The van der Waals surface area contributed by atoms with Crippen molar-refractivity contribution in [2.45, 2.75) is 36.7 Å². The van der Waals surface area contributed by atoms with E-state index in [1.165, 1.54) is 6.07 Å². The maximum Gasteiger partial charge on any atom is 0.240 e. The van der Waals surface area contributed by atoms with Crippen LogP contribution in [-0.4, -0.2) is 25.7 Å². The Bertz CT molecular complexity index is 552. The van der Waals surface area contributed by atoms with Crippen LogP contribution in [0.2, 0.25) is 5.02 Å². The Morgan fingerprint density at radius 2 is 2.11 bits per heavy atom. The van der Waals surface area contributed by atoms with Crippen molar-refractivity contribution in [1.82, 2.24) is 4.72 Å². The van der Waals surface area contributed by atoms with E-state index in [1.54, 1.807) is 19.1 Å². The average molecular weight is 290 g/mol. The van der Waals surface area contributed by atoms with Crippen LogP contribution in [0.15, 0.2) is 23.1 Å². The topological polar surface area (TPSA) is 66.4 Å². The van der Waals surface area contributed by atoms with Gasteiger partial charge in [0.05, 0.1) is 10.5 Å². The first-order valence-corrected chi connectivity index (χ1v) is 7.67. The highest BCUT2D eigenvalue weighted by molar-refractivity contribution is 7.89. The quantitative estimate of drug-likeness (QED) is 0.889. The van der Waals surface area contributed by atoms with Crippen LogP contribution in [0.4, 0.5) is 0 Å². The van der Waals surface area contributed by atoms with Crippen molar-refractivity contribution in [3.8, 4) is 0 Å². The zero-order valence-electron chi connectivity index (χ0n) is 10.1. The molecule has 0 bridgehead atoms. The molecule has 18 heavy (non-hydrogen) atoms. The predicted molar refractivity (Wildman–Crippen MR) is 70.2 cm³/mol. The SMILES string of the molecule is Cc1ccc(Cl)cc1S(=O)(=O)NCC1(O)CCC1. The van der Waals surface area contributed by atoms with Crippen LogP contribution in [-0.2, 0) is 10.0 Å². The van der Waals surface area contributed by atoms with Gasteiger partial charge in [-0.3, -0.25) is 0 Å². The van der Waals surface area contributed by atoms with Crippen LogP contribution in [0.1, 0.15) is 24.8 Å². The zero-order chi connectivity index (χ0) is 13.4. The molecule has 1 fully saturated rings. The van der Waals surface area contributed by atoms with Crippen molar-refractivity contribution < 1.29 is 13.5 Å². The van der Waals surface area contributed by atoms with Crippen molar-refractivity contribution in [2.24, 2.45) is 0 Å². The molecular weight excluding hydrogens is 274 g/mol. The molecule has 0 heterocycles. The molecule has 1 aliphatic carbocycles. The zero-order valence-corrected chi connectivity index (χ0v) is 11.7. The molecule has 0 aromatic heterocycles. The van der Waals surface area contributed by atoms with Gasteiger partial charge in [-0.2, -0.15) is 0 Å². The standard InChI is InChI=1S/C12H16ClNO3S/c1-9-3-4-10(13)7-11(9)18(16,17)14-8-12(15)5-2-6-12/h3-4,7,14-15H,2,5-6,8H2,1H3. The Morgan fingerprint density at radius 3 is 2.67 bits per heavy atom. The summed E-state index contributed by atoms with van der Waals surface area (Å²) >= 11 is 5.81. The molecule has 0 spiro atoms. The first kappa shape index (κ1) is 13.8. The maximum atomic E-state index is 12.1. The van der Waals surface area contributed by atoms with Crippen molar-refractivity contribution in [1.29, 1.82) is 0 Å². The average Bonchev–Trinajstić information content (AvgIpc) is 2.27. The molecule has 2 rings (SSSR count). The molecule has 6 heteroatoms. The van der Waals surface area contributed by atoms with Gasteiger partial charge < -0.3 is 5.11 Å². The van der Waals surface area contributed by atoms with Crippen molar-refractivity contribution in [3.05, 3.63) is 28.8 Å². The van der Waals surface area contributed by atoms with Gasteiger partial charge in [-0.05, 0) is 43.9 Å². The van der Waals surface area contributed by atoms with E-state index in [2.05, 4.69) is 4.72 Å². The fraction of sp³-hybridized carbons (Fsp3) is 0.500. The summed E-state index contributed by atoms with van der Waals surface area (Å²) in [6.07, 6.45) is 2.22. The molecular formula is C12H16ClNO3S. The van der Waals surface area contributed by atoms with Crippen LogP contribution in [0.5, 0.6) is 0 Å². The third kappa shape index (κ3) is 2.85. The lowest BCUT2D eigenvalue weighted by Crippen LogP contribution is -2.47. The second kappa shape index (κ2) is 4.81. The molecule has 0 saturated heterocycles. The lowest BCUT2D eigenvalue weighted by atomic mass is 9.81. The van der Waals surface area contributed by atoms with Gasteiger partial charge in [-0.25, -0.2) is 13.1 Å². The van der Waals surface area contributed by atoms with Crippen LogP contribution >= 0.6 is 11.6 Å². The van der Waals surface area contributed by atoms with Gasteiger partial charge in [0.25, 0.3) is 0 Å². The largest absolute Gasteiger partial charge is 0.389 e. The minimum absolute atomic E-state index is 0.0568. The second-order valence-corrected chi connectivity index (χ2v) is 6.98. The van der Waals surface area contributed by atoms with E-state index in [4.69, 9.17) is 11.6 Å². The molecule has 1 aromatic rings. The monoisotopic (exact) mass is 289 g/mol. The Balaban J connectivity index is 2.17. The van der Waals surface area contributed by atoms with Crippen molar-refractivity contribution in [2.75, 3.05) is 6.54 Å². The first-order chi connectivity index (χ1) is 8.32. The van der Waals surface area contributed by atoms with E-state index in [9.17, 15) is 13.5 Å². The van der Waals surface area contributed by atoms with Gasteiger partial charge in [0, 0.05) is 11.6 Å². The summed E-state index contributed by atoms with van der Waals surface area (Å²) in [4.78, 5) is 0.165. The Morgan fingerprint density at radius 1 is 1.44 bits per heavy atom. The molecule has 0 radical (unpaired) electrons. The lowest BCUT2D eigenvalue weighted by Gasteiger charge is -2.36. The molecule has 1 aromatic carbocycles. The summed E-state index contributed by atoms with van der Waals surface area (Å²) in [7, 11) is -3.62. The summed E-state index contributed by atoms with van der Waals surface area (Å²) in [5, 5.41) is 10.3. The normalized spacial score (nSPS) is 18.4. The van der Waals surface area contributed by atoms with Gasteiger partial charge in [-0.1, -0.05) is 17.7 Å². The number of benzene rings is 1. The summed E-state index contributed by atoms with van der Waals surface area (Å²) in [6, 6.07) is 4.73. The molecule has 100 valence electrons. The lowest BCUT2D eigenvalue weighted by molar-refractivity contribution is -0.0270. The van der Waals surface area contributed by atoms with E-state index >= 15 is 0 Å². The van der Waals surface area contributed by atoms with Gasteiger partial charge in [0.1, 0.15) is 0 Å². The maximum absolute atomic E-state index is 12.1. The minimum atomic E-state index is -3.62. The molecule has 1 saturated carbocycles. The molecule has 0 unspecified atom stereocenters. The van der Waals surface area contributed by atoms with Crippen LogP contribution in [0.3, 0.4) is 0 Å². The van der Waals surface area contributed by atoms with Gasteiger partial charge >= 0.3 is 0 Å². The van der Waals surface area contributed by atoms with Crippen LogP contribution in [0.25, 0.3) is 0 Å². The van der Waals surface area contributed by atoms with Crippen LogP contribution < -0.4 is 4.72 Å². The van der Waals surface area contributed by atoms with Crippen molar-refractivity contribution >= 4 is 21.6 Å². The highest BCUT2D eigenvalue weighted by Gasteiger charge is 2.35. The fourth-order valence-electron chi connectivity index (χ4n) is 1.93.